The lowest BCUT2D eigenvalue weighted by Crippen LogP contribution is -2.53. The van der Waals surface area contributed by atoms with Gasteiger partial charge in [0.1, 0.15) is 21.9 Å². The van der Waals surface area contributed by atoms with Crippen LogP contribution in [-0.2, 0) is 4.79 Å². The number of aromatic nitrogens is 3. The van der Waals surface area contributed by atoms with E-state index >= 15 is 0 Å². The number of anilines is 1. The summed E-state index contributed by atoms with van der Waals surface area (Å²) in [5.74, 6) is -3.47. The summed E-state index contributed by atoms with van der Waals surface area (Å²) < 4.78 is 73.3. The molecule has 1 aliphatic heterocycles. The number of H-pyrrole nitrogens is 1. The van der Waals surface area contributed by atoms with Crippen molar-refractivity contribution in [3.8, 4) is 0 Å². The number of nitrogens with one attached hydrogen (secondary N) is 1. The lowest BCUT2D eigenvalue weighted by molar-refractivity contribution is -0.130. The number of aromatic amines is 1. The summed E-state index contributed by atoms with van der Waals surface area (Å²) in [5.41, 5.74) is 0.00242. The standard InChI is InChI=1S/C16H20N6O/c1-11-5-7-22(14(23)8-17-2)9-13(11)21(3)16-12-4-6-18-15(12)19-10-20-16/h4,6,10-11,13H,5,7-9H2,1,3H3,(H,18,19,20)/t11-,13+/m1/s1/i3D3,4D,8D2,10D,11D,13D. The lowest BCUT2D eigenvalue weighted by atomic mass is 9.92. The quantitative estimate of drug-likeness (QED) is 0.871. The minimum absolute atomic E-state index is 0.00242. The van der Waals surface area contributed by atoms with Crippen LogP contribution in [0.5, 0.6) is 0 Å². The molecule has 3 heterocycles. The van der Waals surface area contributed by atoms with Gasteiger partial charge in [-0.05, 0) is 18.4 Å². The Morgan fingerprint density at radius 2 is 2.65 bits per heavy atom. The Morgan fingerprint density at radius 3 is 3.43 bits per heavy atom. The first-order chi connectivity index (χ1) is 14.5. The summed E-state index contributed by atoms with van der Waals surface area (Å²) in [6.45, 7) is 1.38. The van der Waals surface area contributed by atoms with Crippen molar-refractivity contribution >= 4 is 22.8 Å². The maximum atomic E-state index is 12.6. The molecule has 0 radical (unpaired) electrons. The first-order valence-electron chi connectivity index (χ1n) is 11.4. The average Bonchev–Trinajstić information content (AvgIpc) is 3.03. The van der Waals surface area contributed by atoms with E-state index in [-0.39, 0.29) is 30.0 Å². The largest absolute Gasteiger partial charge is 0.354 e. The number of carbonyl (C=O) groups excluding carboxylic acids is 1. The monoisotopic (exact) mass is 321 g/mol. The van der Waals surface area contributed by atoms with Gasteiger partial charge in [-0.1, -0.05) is 6.92 Å². The molecule has 0 bridgehead atoms. The molecule has 1 N–H and O–H groups in total. The van der Waals surface area contributed by atoms with Crippen molar-refractivity contribution in [2.75, 3.05) is 31.5 Å². The molecule has 0 spiro atoms. The molecule has 120 valence electrons. The predicted molar refractivity (Wildman–Crippen MR) is 87.9 cm³/mol. The zero-order chi connectivity index (χ0) is 24.3. The van der Waals surface area contributed by atoms with Crippen molar-refractivity contribution in [1.82, 2.24) is 19.9 Å². The number of likely N-dealkylation sites (tertiary alicyclic amines) is 1. The Balaban J connectivity index is 2.24. The summed E-state index contributed by atoms with van der Waals surface area (Å²) >= 11 is 0. The SMILES string of the molecule is [2H]c1nc(N(C([2H])([2H])[2H])[C@@]2([2H])CN(C(=O)C([2H])([2H])[N+]#[C-])CC[C@@]2([2H])C)c2c([2H])c[nH]c2n1. The molecule has 0 aromatic carbocycles. The Kier molecular flexibility index (Phi) is 2.11. The number of nitrogens with zero attached hydrogens (tertiary/aromatic N) is 5. The minimum atomic E-state index is -3.09. The molecule has 7 heteroatoms. The van der Waals surface area contributed by atoms with E-state index in [4.69, 9.17) is 18.9 Å². The van der Waals surface area contributed by atoms with E-state index in [1.54, 1.807) is 0 Å². The molecule has 23 heavy (non-hydrogen) atoms. The highest BCUT2D eigenvalue weighted by Crippen LogP contribution is 2.28. The van der Waals surface area contributed by atoms with Crippen molar-refractivity contribution in [3.05, 3.63) is 30.0 Å². The fourth-order valence-electron chi connectivity index (χ4n) is 2.44. The molecule has 1 saturated heterocycles. The normalized spacial score (nSPS) is 34.4. The van der Waals surface area contributed by atoms with Crippen LogP contribution in [0.4, 0.5) is 5.82 Å². The van der Waals surface area contributed by atoms with Crippen LogP contribution in [0.15, 0.2) is 18.5 Å². The number of piperidine rings is 1. The van der Waals surface area contributed by atoms with Crippen molar-refractivity contribution < 1.29 is 17.1 Å². The first-order valence-corrected chi connectivity index (χ1v) is 6.86. The molecular formula is C16H20N6O. The van der Waals surface area contributed by atoms with Crippen LogP contribution in [0.25, 0.3) is 15.9 Å². The highest BCUT2D eigenvalue weighted by atomic mass is 16.2. The highest BCUT2D eigenvalue weighted by Gasteiger charge is 2.33. The summed E-state index contributed by atoms with van der Waals surface area (Å²) in [5, 5.41) is -0.0699. The topological polar surface area (TPSA) is 69.5 Å². The third-order valence-corrected chi connectivity index (χ3v) is 3.71. The zero-order valence-electron chi connectivity index (χ0n) is 21.3. The van der Waals surface area contributed by atoms with Crippen LogP contribution in [0.3, 0.4) is 0 Å². The molecule has 2 aromatic rings. The maximum absolute atomic E-state index is 12.6. The molecular weight excluding hydrogens is 292 g/mol. The average molecular weight is 321 g/mol. The van der Waals surface area contributed by atoms with Crippen LogP contribution in [0, 0.1) is 12.5 Å². The van der Waals surface area contributed by atoms with Gasteiger partial charge in [-0.15, -0.1) is 0 Å². The molecule has 1 aliphatic rings. The van der Waals surface area contributed by atoms with Crippen LogP contribution in [0.2, 0.25) is 0 Å². The van der Waals surface area contributed by atoms with Gasteiger partial charge in [0.05, 0.1) is 14.1 Å². The molecule has 7 nitrogen and oxygen atoms in total. The number of amides is 1. The van der Waals surface area contributed by atoms with Gasteiger partial charge in [0.15, 0.2) is 0 Å². The van der Waals surface area contributed by atoms with Gasteiger partial charge in [0, 0.05) is 31.7 Å². The van der Waals surface area contributed by atoms with E-state index in [1.165, 1.54) is 13.1 Å². The van der Waals surface area contributed by atoms with Gasteiger partial charge in [-0.3, -0.25) is 4.79 Å². The zero-order valence-corrected chi connectivity index (χ0v) is 12.3. The second-order valence-corrected chi connectivity index (χ2v) is 5.07. The van der Waals surface area contributed by atoms with E-state index < -0.39 is 50.0 Å². The number of hydrogen-bond donors (Lipinski definition) is 1. The van der Waals surface area contributed by atoms with E-state index in [0.29, 0.717) is 4.90 Å². The van der Waals surface area contributed by atoms with Crippen LogP contribution >= 0.6 is 0 Å². The first kappa shape index (κ1) is 7.77. The Bertz CT molecular complexity index is 1110. The molecule has 1 fully saturated rings. The Hall–Kier alpha value is -2.62. The van der Waals surface area contributed by atoms with Gasteiger partial charge in [-0.2, -0.15) is 0 Å². The molecule has 0 unspecified atom stereocenters. The van der Waals surface area contributed by atoms with Crippen molar-refractivity contribution in [3.63, 3.8) is 0 Å². The smallest absolute Gasteiger partial charge is 0.302 e. The molecule has 1 amide bonds. The number of carbonyl (C=O) groups is 1. The van der Waals surface area contributed by atoms with E-state index in [2.05, 4.69) is 19.8 Å². The molecule has 2 aromatic heterocycles. The summed E-state index contributed by atoms with van der Waals surface area (Å²) in [6, 6.07) is -2.59. The molecule has 2 atom stereocenters. The minimum Gasteiger partial charge on any atom is -0.354 e. The van der Waals surface area contributed by atoms with Crippen LogP contribution in [-0.4, -0.2) is 58.3 Å². The second kappa shape index (κ2) is 6.24. The van der Waals surface area contributed by atoms with Gasteiger partial charge < -0.3 is 19.6 Å². The van der Waals surface area contributed by atoms with E-state index in [9.17, 15) is 4.79 Å². The fraction of sp³-hybridized carbons (Fsp3) is 0.500. The Labute approximate surface area is 147 Å². The molecule has 0 aliphatic carbocycles. The summed E-state index contributed by atoms with van der Waals surface area (Å²) in [6.07, 6.45) is 0.454. The van der Waals surface area contributed by atoms with E-state index in [0.717, 1.165) is 4.90 Å². The molecule has 3 rings (SSSR count). The number of rotatable bonds is 3. The van der Waals surface area contributed by atoms with Crippen LogP contribution in [0.1, 0.15) is 25.7 Å². The lowest BCUT2D eigenvalue weighted by Gasteiger charge is -2.41. The Morgan fingerprint density at radius 1 is 1.78 bits per heavy atom. The van der Waals surface area contributed by atoms with Gasteiger partial charge >= 0.3 is 5.91 Å². The summed E-state index contributed by atoms with van der Waals surface area (Å²) in [7, 11) is 0. The van der Waals surface area contributed by atoms with Crippen molar-refractivity contribution in [2.45, 2.75) is 19.4 Å². The van der Waals surface area contributed by atoms with Gasteiger partial charge in [-0.25, -0.2) is 16.5 Å². The number of fused-ring (bicyclic) bond motifs is 1. The molecule has 0 saturated carbocycles. The van der Waals surface area contributed by atoms with Gasteiger partial charge in [0.2, 0.25) is 0 Å². The van der Waals surface area contributed by atoms with E-state index in [1.807, 2.05) is 0 Å². The predicted octanol–water partition coefficient (Wildman–Crippen LogP) is 1.55. The second-order valence-electron chi connectivity index (χ2n) is 5.07. The van der Waals surface area contributed by atoms with Crippen molar-refractivity contribution in [2.24, 2.45) is 5.89 Å². The van der Waals surface area contributed by atoms with Crippen molar-refractivity contribution in [1.29, 1.82) is 0 Å². The van der Waals surface area contributed by atoms with Gasteiger partial charge in [0.25, 0.3) is 6.50 Å². The number of hydrogen-bond acceptors (Lipinski definition) is 4. The third kappa shape index (κ3) is 2.84. The third-order valence-electron chi connectivity index (χ3n) is 3.71. The van der Waals surface area contributed by atoms with Crippen LogP contribution < -0.4 is 4.90 Å². The summed E-state index contributed by atoms with van der Waals surface area (Å²) in [4.78, 5) is 27.0. The number of likely N-dealkylation sites (N-methyl/N-ethyl adjacent to an activating group) is 1. The highest BCUT2D eigenvalue weighted by molar-refractivity contribution is 5.87. The fourth-order valence-corrected chi connectivity index (χ4v) is 2.44. The maximum Gasteiger partial charge on any atom is 0.302 e.